The Labute approximate surface area is 117 Å². The highest BCUT2D eigenvalue weighted by atomic mass is 28.3. The van der Waals surface area contributed by atoms with Gasteiger partial charge >= 0.3 is 10.0 Å². The second-order valence-electron chi connectivity index (χ2n) is 3.53. The lowest BCUT2D eigenvalue weighted by Crippen LogP contribution is -1.99. The molecule has 1 aliphatic heterocycles. The Balaban J connectivity index is 0.000000124. The monoisotopic (exact) mass is 290 g/mol. The van der Waals surface area contributed by atoms with Crippen LogP contribution in [-0.2, 0) is 0 Å². The van der Waals surface area contributed by atoms with Crippen molar-refractivity contribution >= 4 is 10.0 Å². The molecule has 20 heavy (non-hydrogen) atoms. The van der Waals surface area contributed by atoms with E-state index in [1.165, 1.54) is 0 Å². The summed E-state index contributed by atoms with van der Waals surface area (Å²) in [6, 6.07) is 5.11. The summed E-state index contributed by atoms with van der Waals surface area (Å²) in [7, 11) is -0.892. The number of aromatic amines is 2. The topological polar surface area (TPSA) is 96.0 Å². The van der Waals surface area contributed by atoms with Crippen LogP contribution >= 0.6 is 0 Å². The van der Waals surface area contributed by atoms with Gasteiger partial charge in [-0.05, 0) is 12.1 Å². The van der Waals surface area contributed by atoms with E-state index >= 15 is 0 Å². The van der Waals surface area contributed by atoms with Crippen LogP contribution < -0.4 is 8.85 Å². The van der Waals surface area contributed by atoms with E-state index in [1.807, 2.05) is 0 Å². The normalized spacial score (nSPS) is 12.0. The summed E-state index contributed by atoms with van der Waals surface area (Å²) < 4.78 is 10.2. The maximum atomic E-state index is 9.15. The van der Waals surface area contributed by atoms with Crippen molar-refractivity contribution in [3.05, 3.63) is 55.6 Å². The number of aromatic nitrogens is 4. The minimum Gasteiger partial charge on any atom is -0.513 e. The van der Waals surface area contributed by atoms with Crippen LogP contribution in [0.1, 0.15) is 0 Å². The van der Waals surface area contributed by atoms with Crippen molar-refractivity contribution < 1.29 is 14.0 Å². The van der Waals surface area contributed by atoms with Gasteiger partial charge in [-0.2, -0.15) is 0 Å². The van der Waals surface area contributed by atoms with Crippen molar-refractivity contribution in [2.24, 2.45) is 0 Å². The van der Waals surface area contributed by atoms with E-state index in [2.05, 4.69) is 19.9 Å². The van der Waals surface area contributed by atoms with E-state index in [4.69, 9.17) is 14.0 Å². The molecular weight excluding hydrogens is 276 g/mol. The third-order valence-corrected chi connectivity index (χ3v) is 3.02. The number of hydrogen-bond acceptors (Lipinski definition) is 5. The smallest absolute Gasteiger partial charge is 0.428 e. The van der Waals surface area contributed by atoms with Crippen molar-refractivity contribution in [2.75, 3.05) is 0 Å². The molecule has 3 aromatic rings. The fourth-order valence-corrected chi connectivity index (χ4v) is 2.17. The lowest BCUT2D eigenvalue weighted by atomic mass is 10.3. The Morgan fingerprint density at radius 3 is 2.15 bits per heavy atom. The number of fused-ring (bicyclic) bond motifs is 1. The average Bonchev–Trinajstić information content (AvgIpc) is 3.24. The first-order valence-corrected chi connectivity index (χ1v) is 6.96. The van der Waals surface area contributed by atoms with E-state index in [-0.39, 0.29) is 5.75 Å². The summed E-state index contributed by atoms with van der Waals surface area (Å²) in [5.74, 6) is 1.35. The molecule has 104 valence electrons. The van der Waals surface area contributed by atoms with Gasteiger partial charge in [-0.3, -0.25) is 0 Å². The average molecular weight is 290 g/mol. The van der Waals surface area contributed by atoms with Crippen molar-refractivity contribution in [2.45, 2.75) is 0 Å². The SMILES string of the molecule is Oc1cccc2c1O[SiH2]O2.c1c[nH]cn1.c1c[nH]cn1. The number of rotatable bonds is 0. The maximum Gasteiger partial charge on any atom is 0.428 e. The van der Waals surface area contributed by atoms with Crippen LogP contribution in [0.2, 0.25) is 0 Å². The maximum absolute atomic E-state index is 9.15. The molecule has 0 atom stereocenters. The van der Waals surface area contributed by atoms with Crippen LogP contribution in [0.4, 0.5) is 0 Å². The van der Waals surface area contributed by atoms with Gasteiger partial charge in [0.2, 0.25) is 0 Å². The zero-order chi connectivity index (χ0) is 14.0. The minimum atomic E-state index is -0.892. The van der Waals surface area contributed by atoms with Crippen molar-refractivity contribution in [1.29, 1.82) is 0 Å². The molecule has 0 radical (unpaired) electrons. The summed E-state index contributed by atoms with van der Waals surface area (Å²) in [6.07, 6.45) is 10.2. The first kappa shape index (κ1) is 13.7. The van der Waals surface area contributed by atoms with Crippen LogP contribution in [0, 0.1) is 0 Å². The zero-order valence-electron chi connectivity index (χ0n) is 10.6. The molecule has 0 saturated heterocycles. The summed E-state index contributed by atoms with van der Waals surface area (Å²) in [5.41, 5.74) is 0. The van der Waals surface area contributed by atoms with Crippen molar-refractivity contribution in [1.82, 2.24) is 19.9 Å². The second-order valence-corrected chi connectivity index (χ2v) is 4.35. The van der Waals surface area contributed by atoms with Gasteiger partial charge in [0.05, 0.1) is 12.7 Å². The number of hydrogen-bond donors (Lipinski definition) is 3. The number of nitrogens with one attached hydrogen (secondary N) is 2. The fraction of sp³-hybridized carbons (Fsp3) is 0. The van der Waals surface area contributed by atoms with Crippen LogP contribution in [0.15, 0.2) is 55.6 Å². The van der Waals surface area contributed by atoms with Gasteiger partial charge in [0.1, 0.15) is 0 Å². The van der Waals surface area contributed by atoms with Crippen molar-refractivity contribution in [3.63, 3.8) is 0 Å². The highest BCUT2D eigenvalue weighted by molar-refractivity contribution is 6.23. The Morgan fingerprint density at radius 2 is 1.70 bits per heavy atom. The number of phenols is 1. The largest absolute Gasteiger partial charge is 0.513 e. The summed E-state index contributed by atoms with van der Waals surface area (Å²) in [5, 5.41) is 9.15. The third kappa shape index (κ3) is 4.17. The standard InChI is InChI=1S/C6H6O3Si.2C3H4N2/c7-4-2-1-3-5-6(4)9-10-8-5;2*1-2-5-3-4-1/h1-3,7H,10H2;2*1-3H,(H,4,5). The number of nitrogens with zero attached hydrogens (tertiary/aromatic N) is 2. The predicted molar refractivity (Wildman–Crippen MR) is 75.1 cm³/mol. The molecule has 1 aromatic carbocycles. The first-order chi connectivity index (χ1) is 9.88. The number of aromatic hydroxyl groups is 1. The van der Waals surface area contributed by atoms with E-state index < -0.39 is 10.0 Å². The molecule has 4 rings (SSSR count). The summed E-state index contributed by atoms with van der Waals surface area (Å²) >= 11 is 0. The molecule has 2 aromatic heterocycles. The second kappa shape index (κ2) is 7.64. The van der Waals surface area contributed by atoms with E-state index in [1.54, 1.807) is 55.6 Å². The molecule has 0 bridgehead atoms. The van der Waals surface area contributed by atoms with Crippen LogP contribution in [-0.4, -0.2) is 35.0 Å². The highest BCUT2D eigenvalue weighted by Gasteiger charge is 2.16. The molecule has 0 saturated carbocycles. The molecule has 7 nitrogen and oxygen atoms in total. The van der Waals surface area contributed by atoms with E-state index in [0.29, 0.717) is 11.5 Å². The molecule has 0 fully saturated rings. The van der Waals surface area contributed by atoms with Crippen molar-refractivity contribution in [3.8, 4) is 17.2 Å². The third-order valence-electron chi connectivity index (χ3n) is 2.19. The van der Waals surface area contributed by atoms with Gasteiger partial charge in [0.15, 0.2) is 17.2 Å². The number of phenolic OH excluding ortho intramolecular Hbond substituents is 1. The Bertz CT molecular complexity index is 526. The van der Waals surface area contributed by atoms with E-state index in [9.17, 15) is 0 Å². The number of imidazole rings is 2. The molecule has 0 aliphatic carbocycles. The molecule has 8 heteroatoms. The Morgan fingerprint density at radius 1 is 1.00 bits per heavy atom. The van der Waals surface area contributed by atoms with Crippen LogP contribution in [0.3, 0.4) is 0 Å². The van der Waals surface area contributed by atoms with Gasteiger partial charge in [-0.25, -0.2) is 9.97 Å². The van der Waals surface area contributed by atoms with Gasteiger partial charge in [0.25, 0.3) is 0 Å². The zero-order valence-corrected chi connectivity index (χ0v) is 12.0. The highest BCUT2D eigenvalue weighted by Crippen LogP contribution is 2.38. The number of benzene rings is 1. The van der Waals surface area contributed by atoms with Gasteiger partial charge in [0, 0.05) is 24.8 Å². The van der Waals surface area contributed by atoms with Gasteiger partial charge < -0.3 is 23.9 Å². The first-order valence-electron chi connectivity index (χ1n) is 5.81. The molecule has 0 spiro atoms. The molecular formula is C12H14N4O3Si. The molecule has 1 aliphatic rings. The Hall–Kier alpha value is -2.74. The minimum absolute atomic E-state index is 0.169. The van der Waals surface area contributed by atoms with Crippen LogP contribution in [0.25, 0.3) is 0 Å². The van der Waals surface area contributed by atoms with E-state index in [0.717, 1.165) is 0 Å². The van der Waals surface area contributed by atoms with Crippen LogP contribution in [0.5, 0.6) is 17.2 Å². The molecule has 3 heterocycles. The van der Waals surface area contributed by atoms with Gasteiger partial charge in [-0.1, -0.05) is 6.07 Å². The van der Waals surface area contributed by atoms with Gasteiger partial charge in [-0.15, -0.1) is 0 Å². The lowest BCUT2D eigenvalue weighted by Gasteiger charge is -1.97. The molecule has 0 amide bonds. The number of para-hydroxylation sites is 1. The Kier molecular flexibility index (Phi) is 5.23. The molecule has 0 unspecified atom stereocenters. The number of H-pyrrole nitrogens is 2. The quantitative estimate of drug-likeness (QED) is 0.536. The lowest BCUT2D eigenvalue weighted by molar-refractivity contribution is 0.446. The predicted octanol–water partition coefficient (Wildman–Crippen LogP) is 0.982. The fourth-order valence-electron chi connectivity index (χ4n) is 1.35. The summed E-state index contributed by atoms with van der Waals surface area (Å²) in [4.78, 5) is 12.8. The molecule has 3 N–H and O–H groups in total. The summed E-state index contributed by atoms with van der Waals surface area (Å²) in [6.45, 7) is 0.